The molecule has 5 N–H and O–H groups in total. The highest BCUT2D eigenvalue weighted by molar-refractivity contribution is 5.12. The zero-order valence-corrected chi connectivity index (χ0v) is 9.66. The maximum Gasteiger partial charge on any atom is 0.0681 e. The zero-order valence-electron chi connectivity index (χ0n) is 9.66. The summed E-state index contributed by atoms with van der Waals surface area (Å²) in [7, 11) is 0. The molecule has 0 radical (unpaired) electrons. The Bertz CT molecular complexity index is 254. The molecule has 98 valence electrons. The van der Waals surface area contributed by atoms with Crippen molar-refractivity contribution in [2.45, 2.75) is 6.61 Å². The third-order valence-corrected chi connectivity index (χ3v) is 2.37. The molecule has 0 unspecified atom stereocenters. The highest BCUT2D eigenvalue weighted by Gasteiger charge is 2.26. The van der Waals surface area contributed by atoms with Crippen LogP contribution in [0.4, 0.5) is 0 Å². The van der Waals surface area contributed by atoms with Crippen LogP contribution in [0.15, 0.2) is 30.3 Å². The first-order valence-corrected chi connectivity index (χ1v) is 5.26. The minimum absolute atomic E-state index is 0.140. The maximum atomic E-state index is 8.54. The highest BCUT2D eigenvalue weighted by Crippen LogP contribution is 2.11. The Morgan fingerprint density at radius 1 is 0.706 bits per heavy atom. The molecule has 0 aliphatic heterocycles. The van der Waals surface area contributed by atoms with E-state index in [0.29, 0.717) is 0 Å². The zero-order chi connectivity index (χ0) is 13.1. The Labute approximate surface area is 101 Å². The van der Waals surface area contributed by atoms with Crippen LogP contribution in [0.1, 0.15) is 5.56 Å². The van der Waals surface area contributed by atoms with Crippen LogP contribution in [0.3, 0.4) is 0 Å². The summed E-state index contributed by atoms with van der Waals surface area (Å²) in [5.74, 6) is 0. The molecule has 0 aromatic heterocycles. The van der Waals surface area contributed by atoms with Crippen LogP contribution in [0.25, 0.3) is 0 Å². The van der Waals surface area contributed by atoms with E-state index in [1.165, 1.54) is 0 Å². The van der Waals surface area contributed by atoms with Crippen LogP contribution < -0.4 is 0 Å². The first kappa shape index (κ1) is 16.0. The molecular weight excluding hydrogens is 224 g/mol. The van der Waals surface area contributed by atoms with Gasteiger partial charge in [0.25, 0.3) is 0 Å². The van der Waals surface area contributed by atoms with Crippen molar-refractivity contribution in [2.24, 2.45) is 5.41 Å². The van der Waals surface area contributed by atoms with Crippen LogP contribution in [0.2, 0.25) is 0 Å². The van der Waals surface area contributed by atoms with E-state index in [1.54, 1.807) is 0 Å². The van der Waals surface area contributed by atoms with Gasteiger partial charge in [0, 0.05) is 0 Å². The van der Waals surface area contributed by atoms with Crippen molar-refractivity contribution in [1.82, 2.24) is 0 Å². The Morgan fingerprint density at radius 2 is 1.12 bits per heavy atom. The van der Waals surface area contributed by atoms with E-state index in [1.807, 2.05) is 30.3 Å². The molecule has 0 atom stereocenters. The summed E-state index contributed by atoms with van der Waals surface area (Å²) in [6.07, 6.45) is 0. The number of aliphatic hydroxyl groups is 5. The van der Waals surface area contributed by atoms with Crippen molar-refractivity contribution in [1.29, 1.82) is 0 Å². The molecule has 0 aliphatic rings. The van der Waals surface area contributed by atoms with Crippen molar-refractivity contribution in [2.75, 3.05) is 26.4 Å². The van der Waals surface area contributed by atoms with E-state index in [2.05, 4.69) is 0 Å². The minimum Gasteiger partial charge on any atom is -0.396 e. The van der Waals surface area contributed by atoms with E-state index in [4.69, 9.17) is 25.5 Å². The second kappa shape index (κ2) is 9.09. The minimum atomic E-state index is -1.11. The fourth-order valence-corrected chi connectivity index (χ4v) is 0.883. The largest absolute Gasteiger partial charge is 0.396 e. The summed E-state index contributed by atoms with van der Waals surface area (Å²) < 4.78 is 0. The predicted octanol–water partition coefficient (Wildman–Crippen LogP) is -0.879. The molecule has 0 amide bonds. The second-order valence-electron chi connectivity index (χ2n) is 3.78. The van der Waals surface area contributed by atoms with Gasteiger partial charge in [-0.1, -0.05) is 30.3 Å². The topological polar surface area (TPSA) is 101 Å². The molecule has 1 aromatic rings. The van der Waals surface area contributed by atoms with Crippen molar-refractivity contribution < 1.29 is 25.5 Å². The smallest absolute Gasteiger partial charge is 0.0681 e. The van der Waals surface area contributed by atoms with Crippen molar-refractivity contribution in [3.05, 3.63) is 35.9 Å². The van der Waals surface area contributed by atoms with Gasteiger partial charge in [-0.05, 0) is 5.56 Å². The van der Waals surface area contributed by atoms with Crippen LogP contribution in [-0.2, 0) is 6.61 Å². The molecule has 0 aliphatic carbocycles. The third-order valence-electron chi connectivity index (χ3n) is 2.37. The van der Waals surface area contributed by atoms with E-state index < -0.39 is 31.8 Å². The Balaban J connectivity index is 0.000000302. The summed E-state index contributed by atoms with van der Waals surface area (Å²) in [5, 5.41) is 42.5. The molecule has 17 heavy (non-hydrogen) atoms. The fourth-order valence-electron chi connectivity index (χ4n) is 0.883. The van der Waals surface area contributed by atoms with E-state index in [0.717, 1.165) is 5.56 Å². The lowest BCUT2D eigenvalue weighted by Crippen LogP contribution is -2.37. The van der Waals surface area contributed by atoms with Gasteiger partial charge in [-0.3, -0.25) is 0 Å². The molecule has 0 heterocycles. The monoisotopic (exact) mass is 244 g/mol. The highest BCUT2D eigenvalue weighted by atomic mass is 16.3. The molecule has 5 heteroatoms. The second-order valence-corrected chi connectivity index (χ2v) is 3.78. The summed E-state index contributed by atoms with van der Waals surface area (Å²) in [4.78, 5) is 0. The van der Waals surface area contributed by atoms with E-state index >= 15 is 0 Å². The van der Waals surface area contributed by atoms with Crippen LogP contribution >= 0.6 is 0 Å². The first-order valence-electron chi connectivity index (χ1n) is 5.26. The Kier molecular flexibility index (Phi) is 8.57. The Hall–Kier alpha value is -0.980. The van der Waals surface area contributed by atoms with Crippen LogP contribution in [0.5, 0.6) is 0 Å². The number of hydrogen-bond acceptors (Lipinski definition) is 5. The average Bonchev–Trinajstić information content (AvgIpc) is 2.44. The lowest BCUT2D eigenvalue weighted by atomic mass is 9.93. The molecule has 0 bridgehead atoms. The van der Waals surface area contributed by atoms with Gasteiger partial charge in [-0.15, -0.1) is 0 Å². The molecule has 1 rings (SSSR count). The summed E-state index contributed by atoms with van der Waals surface area (Å²) in [6, 6.07) is 9.52. The lowest BCUT2D eigenvalue weighted by Gasteiger charge is -2.23. The standard InChI is InChI=1S/C7H8O.C5H12O4/c8-6-7-4-2-1-3-5-7;6-1-5(2-7,3-8)4-9/h1-5,8H,6H2;6-9H,1-4H2. The van der Waals surface area contributed by atoms with Gasteiger partial charge in [0.1, 0.15) is 0 Å². The van der Waals surface area contributed by atoms with Gasteiger partial charge < -0.3 is 25.5 Å². The molecular formula is C12H20O5. The Morgan fingerprint density at radius 3 is 1.29 bits per heavy atom. The number of benzene rings is 1. The lowest BCUT2D eigenvalue weighted by molar-refractivity contribution is -0.0328. The predicted molar refractivity (Wildman–Crippen MR) is 63.1 cm³/mol. The SMILES string of the molecule is OCC(CO)(CO)CO.OCc1ccccc1. The molecule has 1 aromatic carbocycles. The van der Waals surface area contributed by atoms with Gasteiger partial charge >= 0.3 is 0 Å². The van der Waals surface area contributed by atoms with E-state index in [-0.39, 0.29) is 6.61 Å². The van der Waals surface area contributed by atoms with Crippen molar-refractivity contribution in [3.63, 3.8) is 0 Å². The van der Waals surface area contributed by atoms with Gasteiger partial charge in [-0.25, -0.2) is 0 Å². The number of aliphatic hydroxyl groups excluding tert-OH is 5. The molecule has 0 fully saturated rings. The van der Waals surface area contributed by atoms with Crippen LogP contribution in [0, 0.1) is 5.41 Å². The molecule has 0 saturated heterocycles. The van der Waals surface area contributed by atoms with Crippen molar-refractivity contribution in [3.8, 4) is 0 Å². The average molecular weight is 244 g/mol. The van der Waals surface area contributed by atoms with Crippen LogP contribution in [-0.4, -0.2) is 52.0 Å². The van der Waals surface area contributed by atoms with Gasteiger partial charge in [0.05, 0.1) is 38.4 Å². The molecule has 5 nitrogen and oxygen atoms in total. The number of hydrogen-bond donors (Lipinski definition) is 5. The number of rotatable bonds is 5. The fraction of sp³-hybridized carbons (Fsp3) is 0.500. The first-order chi connectivity index (χ1) is 8.17. The normalized spacial score (nSPS) is 10.6. The summed E-state index contributed by atoms with van der Waals surface area (Å²) >= 11 is 0. The third kappa shape index (κ3) is 5.76. The summed E-state index contributed by atoms with van der Waals surface area (Å²) in [6.45, 7) is -1.49. The van der Waals surface area contributed by atoms with Crippen molar-refractivity contribution >= 4 is 0 Å². The molecule has 0 saturated carbocycles. The van der Waals surface area contributed by atoms with E-state index in [9.17, 15) is 0 Å². The van der Waals surface area contributed by atoms with Gasteiger partial charge in [0.2, 0.25) is 0 Å². The maximum absolute atomic E-state index is 8.54. The summed E-state index contributed by atoms with van der Waals surface area (Å²) in [5.41, 5.74) is -0.146. The quantitative estimate of drug-likeness (QED) is 0.463. The molecule has 0 spiro atoms. The van der Waals surface area contributed by atoms with Gasteiger partial charge in [-0.2, -0.15) is 0 Å². The van der Waals surface area contributed by atoms with Gasteiger partial charge in [0.15, 0.2) is 0 Å².